The number of fused-ring (bicyclic) bond motifs is 1. The van der Waals surface area contributed by atoms with Crippen LogP contribution in [-0.2, 0) is 16.1 Å². The third kappa shape index (κ3) is 4.20. The third-order valence-corrected chi connectivity index (χ3v) is 3.38. The molecule has 3 aromatic rings. The maximum absolute atomic E-state index is 12.0. The molecule has 0 saturated carbocycles. The number of amides is 1. The maximum atomic E-state index is 12.0. The van der Waals surface area contributed by atoms with Gasteiger partial charge in [0.2, 0.25) is 0 Å². The summed E-state index contributed by atoms with van der Waals surface area (Å²) in [6, 6.07) is 14.1. The van der Waals surface area contributed by atoms with Crippen molar-refractivity contribution in [1.29, 1.82) is 0 Å². The Kier molecular flexibility index (Phi) is 5.18. The molecule has 26 heavy (non-hydrogen) atoms. The van der Waals surface area contributed by atoms with Gasteiger partial charge in [-0.2, -0.15) is 5.10 Å². The predicted molar refractivity (Wildman–Crippen MR) is 92.8 cm³/mol. The van der Waals surface area contributed by atoms with Crippen LogP contribution in [0.5, 0.6) is 5.75 Å². The molecule has 0 radical (unpaired) electrons. The van der Waals surface area contributed by atoms with Crippen molar-refractivity contribution in [2.45, 2.75) is 6.54 Å². The molecule has 9 nitrogen and oxygen atoms in total. The molecule has 0 fully saturated rings. The summed E-state index contributed by atoms with van der Waals surface area (Å²) in [5.41, 5.74) is 4.39. The Morgan fingerprint density at radius 3 is 2.81 bits per heavy atom. The zero-order valence-corrected chi connectivity index (χ0v) is 13.6. The van der Waals surface area contributed by atoms with Gasteiger partial charge in [0.25, 0.3) is 5.91 Å². The summed E-state index contributed by atoms with van der Waals surface area (Å²) in [6.07, 6.45) is 1.38. The first-order valence-electron chi connectivity index (χ1n) is 7.67. The van der Waals surface area contributed by atoms with Crippen molar-refractivity contribution in [1.82, 2.24) is 20.4 Å². The molecule has 0 bridgehead atoms. The van der Waals surface area contributed by atoms with E-state index in [0.29, 0.717) is 16.8 Å². The minimum absolute atomic E-state index is 0.0327. The number of nitrogens with zero attached hydrogens (tertiary/aromatic N) is 4. The molecule has 1 aromatic heterocycles. The van der Waals surface area contributed by atoms with Crippen LogP contribution in [0, 0.1) is 0 Å². The standard InChI is InChI=1S/C17H15N5O4/c23-16(10-22-14-7-3-2-6-13(14)19-21-22)20-18-9-12-5-1-4-8-15(12)26-11-17(24)25/h1-9H,10-11H2,(H,20,23)(H,24,25). The molecular formula is C17H15N5O4. The summed E-state index contributed by atoms with van der Waals surface area (Å²) in [7, 11) is 0. The summed E-state index contributed by atoms with van der Waals surface area (Å²) in [6.45, 7) is -0.494. The topological polar surface area (TPSA) is 119 Å². The predicted octanol–water partition coefficient (Wildman–Crippen LogP) is 1.04. The molecule has 3 rings (SSSR count). The average Bonchev–Trinajstić information content (AvgIpc) is 3.04. The molecule has 1 amide bonds. The van der Waals surface area contributed by atoms with Crippen molar-refractivity contribution in [2.75, 3.05) is 6.61 Å². The van der Waals surface area contributed by atoms with Gasteiger partial charge >= 0.3 is 5.97 Å². The number of hydrogen-bond donors (Lipinski definition) is 2. The van der Waals surface area contributed by atoms with Gasteiger partial charge in [-0.25, -0.2) is 14.9 Å². The summed E-state index contributed by atoms with van der Waals surface area (Å²) >= 11 is 0. The SMILES string of the molecule is O=C(O)COc1ccccc1C=NNC(=O)Cn1nnc2ccccc21. The van der Waals surface area contributed by atoms with Crippen molar-refractivity contribution in [3.05, 3.63) is 54.1 Å². The van der Waals surface area contributed by atoms with Gasteiger partial charge in [-0.3, -0.25) is 4.79 Å². The number of carboxylic acid groups (broad SMARTS) is 1. The summed E-state index contributed by atoms with van der Waals surface area (Å²) in [5, 5.41) is 20.5. The van der Waals surface area contributed by atoms with Crippen molar-refractivity contribution < 1.29 is 19.4 Å². The van der Waals surface area contributed by atoms with Crippen LogP contribution in [0.15, 0.2) is 53.6 Å². The van der Waals surface area contributed by atoms with E-state index in [1.807, 2.05) is 24.3 Å². The number of para-hydroxylation sites is 2. The van der Waals surface area contributed by atoms with Gasteiger partial charge in [0.05, 0.1) is 11.7 Å². The Balaban J connectivity index is 1.62. The maximum Gasteiger partial charge on any atom is 0.341 e. The lowest BCUT2D eigenvalue weighted by atomic mass is 10.2. The second kappa shape index (κ2) is 7.88. The zero-order chi connectivity index (χ0) is 18.4. The van der Waals surface area contributed by atoms with E-state index in [9.17, 15) is 9.59 Å². The van der Waals surface area contributed by atoms with Crippen LogP contribution < -0.4 is 10.2 Å². The molecule has 0 unspecified atom stereocenters. The molecule has 0 aliphatic rings. The van der Waals surface area contributed by atoms with Crippen LogP contribution in [-0.4, -0.2) is 44.8 Å². The Morgan fingerprint density at radius 2 is 1.96 bits per heavy atom. The van der Waals surface area contributed by atoms with Crippen molar-refractivity contribution in [2.24, 2.45) is 5.10 Å². The highest BCUT2D eigenvalue weighted by molar-refractivity contribution is 5.85. The monoisotopic (exact) mass is 353 g/mol. The highest BCUT2D eigenvalue weighted by Crippen LogP contribution is 2.15. The number of aromatic nitrogens is 3. The van der Waals surface area contributed by atoms with E-state index >= 15 is 0 Å². The lowest BCUT2D eigenvalue weighted by molar-refractivity contribution is -0.139. The van der Waals surface area contributed by atoms with Crippen molar-refractivity contribution in [3.63, 3.8) is 0 Å². The molecule has 0 saturated heterocycles. The normalized spacial score (nSPS) is 10.9. The first-order chi connectivity index (χ1) is 12.6. The second-order valence-electron chi connectivity index (χ2n) is 5.25. The summed E-state index contributed by atoms with van der Waals surface area (Å²) in [4.78, 5) is 22.6. The molecule has 0 aliphatic carbocycles. The minimum Gasteiger partial charge on any atom is -0.481 e. The van der Waals surface area contributed by atoms with Crippen LogP contribution in [0.25, 0.3) is 11.0 Å². The number of carboxylic acids is 1. The van der Waals surface area contributed by atoms with Crippen LogP contribution in [0.3, 0.4) is 0 Å². The Labute approximate surface area is 147 Å². The van der Waals surface area contributed by atoms with Gasteiger partial charge in [0, 0.05) is 5.56 Å². The fourth-order valence-electron chi connectivity index (χ4n) is 2.24. The lowest BCUT2D eigenvalue weighted by Gasteiger charge is -2.06. The largest absolute Gasteiger partial charge is 0.481 e. The summed E-state index contributed by atoms with van der Waals surface area (Å²) in [5.74, 6) is -1.10. The fourth-order valence-corrected chi connectivity index (χ4v) is 2.24. The number of nitrogens with one attached hydrogen (secondary N) is 1. The van der Waals surface area contributed by atoms with E-state index in [0.717, 1.165) is 5.52 Å². The van der Waals surface area contributed by atoms with Gasteiger partial charge < -0.3 is 9.84 Å². The number of hydrogen-bond acceptors (Lipinski definition) is 6. The minimum atomic E-state index is -1.08. The zero-order valence-electron chi connectivity index (χ0n) is 13.6. The van der Waals surface area contributed by atoms with E-state index in [1.54, 1.807) is 24.3 Å². The van der Waals surface area contributed by atoms with Crippen molar-refractivity contribution >= 4 is 29.1 Å². The Hall–Kier alpha value is -3.75. The first-order valence-corrected chi connectivity index (χ1v) is 7.67. The quantitative estimate of drug-likeness (QED) is 0.484. The molecule has 9 heteroatoms. The number of hydrazone groups is 1. The molecule has 132 valence electrons. The summed E-state index contributed by atoms with van der Waals surface area (Å²) < 4.78 is 6.64. The highest BCUT2D eigenvalue weighted by atomic mass is 16.5. The van der Waals surface area contributed by atoms with E-state index in [2.05, 4.69) is 20.8 Å². The smallest absolute Gasteiger partial charge is 0.341 e. The van der Waals surface area contributed by atoms with E-state index < -0.39 is 12.6 Å². The molecule has 2 aromatic carbocycles. The Bertz CT molecular complexity index is 966. The molecule has 1 heterocycles. The van der Waals surface area contributed by atoms with Gasteiger partial charge in [0.1, 0.15) is 17.8 Å². The number of benzene rings is 2. The molecule has 2 N–H and O–H groups in total. The molecular weight excluding hydrogens is 338 g/mol. The number of carbonyl (C=O) groups is 2. The van der Waals surface area contributed by atoms with Gasteiger partial charge in [-0.15, -0.1) is 5.10 Å². The highest BCUT2D eigenvalue weighted by Gasteiger charge is 2.08. The Morgan fingerprint density at radius 1 is 1.19 bits per heavy atom. The number of ether oxygens (including phenoxy) is 1. The van der Waals surface area contributed by atoms with Crippen LogP contribution in [0.2, 0.25) is 0 Å². The lowest BCUT2D eigenvalue weighted by Crippen LogP contribution is -2.23. The van der Waals surface area contributed by atoms with Gasteiger partial charge in [-0.05, 0) is 24.3 Å². The third-order valence-electron chi connectivity index (χ3n) is 3.38. The second-order valence-corrected chi connectivity index (χ2v) is 5.25. The van der Waals surface area contributed by atoms with Crippen LogP contribution in [0.4, 0.5) is 0 Å². The van der Waals surface area contributed by atoms with E-state index in [4.69, 9.17) is 9.84 Å². The van der Waals surface area contributed by atoms with Crippen LogP contribution >= 0.6 is 0 Å². The number of carbonyl (C=O) groups excluding carboxylic acids is 1. The van der Waals surface area contributed by atoms with Gasteiger partial charge in [0.15, 0.2) is 6.61 Å². The molecule has 0 atom stereocenters. The molecule has 0 aliphatic heterocycles. The molecule has 0 spiro atoms. The number of aliphatic carboxylic acids is 1. The van der Waals surface area contributed by atoms with E-state index in [-0.39, 0.29) is 12.5 Å². The van der Waals surface area contributed by atoms with Gasteiger partial charge in [-0.1, -0.05) is 29.5 Å². The first kappa shape index (κ1) is 17.1. The average molecular weight is 353 g/mol. The number of rotatable bonds is 7. The van der Waals surface area contributed by atoms with E-state index in [1.165, 1.54) is 10.9 Å². The van der Waals surface area contributed by atoms with Crippen LogP contribution in [0.1, 0.15) is 5.56 Å². The van der Waals surface area contributed by atoms with Crippen molar-refractivity contribution in [3.8, 4) is 5.75 Å². The fraction of sp³-hybridized carbons (Fsp3) is 0.118.